The van der Waals surface area contributed by atoms with Crippen LogP contribution in [0.4, 0.5) is 4.39 Å². The molecule has 0 spiro atoms. The Balaban J connectivity index is 2.06. The Morgan fingerprint density at radius 2 is 1.75 bits per heavy atom. The second kappa shape index (κ2) is 6.31. The van der Waals surface area contributed by atoms with Crippen LogP contribution in [0, 0.1) is 17.1 Å². The van der Waals surface area contributed by atoms with Gasteiger partial charge in [0.25, 0.3) is 0 Å². The van der Waals surface area contributed by atoms with Gasteiger partial charge < -0.3 is 0 Å². The second-order valence-electron chi connectivity index (χ2n) is 5.05. The highest BCUT2D eigenvalue weighted by Gasteiger charge is 2.24. The molecule has 1 N–H and O–H groups in total. The number of nitrogens with zero attached hydrogens (tertiary/aromatic N) is 1. The van der Waals surface area contributed by atoms with Gasteiger partial charge in [0.1, 0.15) is 11.4 Å². The van der Waals surface area contributed by atoms with E-state index in [1.807, 2.05) is 30.3 Å². The summed E-state index contributed by atoms with van der Waals surface area (Å²) in [5.74, 6) is -0.268. The Bertz CT molecular complexity index is 604. The number of nitriles is 1. The molecule has 2 nitrogen and oxygen atoms in total. The van der Waals surface area contributed by atoms with Gasteiger partial charge in [-0.05, 0) is 24.1 Å². The molecule has 0 aliphatic heterocycles. The van der Waals surface area contributed by atoms with E-state index < -0.39 is 5.54 Å². The van der Waals surface area contributed by atoms with Crippen LogP contribution in [0.25, 0.3) is 0 Å². The molecule has 2 rings (SSSR count). The van der Waals surface area contributed by atoms with E-state index in [0.29, 0.717) is 18.5 Å². The molecule has 0 fully saturated rings. The van der Waals surface area contributed by atoms with Gasteiger partial charge in [0.15, 0.2) is 0 Å². The average Bonchev–Trinajstić information content (AvgIpc) is 2.49. The fourth-order valence-corrected chi connectivity index (χ4v) is 2.06. The molecule has 0 saturated heterocycles. The summed E-state index contributed by atoms with van der Waals surface area (Å²) in [6, 6.07) is 18.7. The normalized spacial score (nSPS) is 13.4. The largest absolute Gasteiger partial charge is 0.295 e. The van der Waals surface area contributed by atoms with Gasteiger partial charge in [0.2, 0.25) is 0 Å². The van der Waals surface area contributed by atoms with Crippen molar-refractivity contribution in [2.45, 2.75) is 25.4 Å². The first-order valence-electron chi connectivity index (χ1n) is 6.56. The third kappa shape index (κ3) is 3.66. The summed E-state index contributed by atoms with van der Waals surface area (Å²) in [5, 5.41) is 12.6. The Kier molecular flexibility index (Phi) is 4.49. The number of hydrogen-bond donors (Lipinski definition) is 1. The maximum atomic E-state index is 13.7. The number of hydrogen-bond acceptors (Lipinski definition) is 2. The van der Waals surface area contributed by atoms with E-state index in [1.165, 1.54) is 6.07 Å². The topological polar surface area (TPSA) is 35.8 Å². The molecule has 2 aromatic carbocycles. The van der Waals surface area contributed by atoms with Crippen molar-refractivity contribution in [1.82, 2.24) is 5.32 Å². The fourth-order valence-electron chi connectivity index (χ4n) is 2.06. The first-order chi connectivity index (χ1) is 9.63. The summed E-state index contributed by atoms with van der Waals surface area (Å²) in [6.45, 7) is 2.38. The smallest absolute Gasteiger partial charge is 0.126 e. The minimum absolute atomic E-state index is 0.268. The standard InChI is InChI=1S/C17H17FN2/c1-17(13-19,11-15-9-5-6-10-16(15)18)20-12-14-7-3-2-4-8-14/h2-10,20H,11-12H2,1H3. The van der Waals surface area contributed by atoms with Gasteiger partial charge in [0, 0.05) is 13.0 Å². The van der Waals surface area contributed by atoms with Crippen molar-refractivity contribution < 1.29 is 4.39 Å². The molecule has 0 aliphatic carbocycles. The summed E-state index contributed by atoms with van der Waals surface area (Å²) in [7, 11) is 0. The molecular weight excluding hydrogens is 251 g/mol. The van der Waals surface area contributed by atoms with Gasteiger partial charge in [-0.3, -0.25) is 5.32 Å². The van der Waals surface area contributed by atoms with Gasteiger partial charge in [-0.25, -0.2) is 4.39 Å². The lowest BCUT2D eigenvalue weighted by Gasteiger charge is -2.23. The predicted molar refractivity (Wildman–Crippen MR) is 77.4 cm³/mol. The minimum Gasteiger partial charge on any atom is -0.295 e. The molecule has 0 saturated carbocycles. The van der Waals surface area contributed by atoms with Crippen LogP contribution in [0.1, 0.15) is 18.1 Å². The fraction of sp³-hybridized carbons (Fsp3) is 0.235. The van der Waals surface area contributed by atoms with Crippen molar-refractivity contribution >= 4 is 0 Å². The zero-order valence-electron chi connectivity index (χ0n) is 11.4. The van der Waals surface area contributed by atoms with Crippen molar-refractivity contribution in [2.24, 2.45) is 0 Å². The van der Waals surface area contributed by atoms with E-state index in [0.717, 1.165) is 5.56 Å². The van der Waals surface area contributed by atoms with Crippen LogP contribution in [-0.2, 0) is 13.0 Å². The molecule has 3 heteroatoms. The van der Waals surface area contributed by atoms with Gasteiger partial charge in [-0.1, -0.05) is 48.5 Å². The van der Waals surface area contributed by atoms with Crippen LogP contribution in [-0.4, -0.2) is 5.54 Å². The third-order valence-electron chi connectivity index (χ3n) is 3.27. The molecule has 0 bridgehead atoms. The van der Waals surface area contributed by atoms with Crippen LogP contribution in [0.5, 0.6) is 0 Å². The molecule has 0 radical (unpaired) electrons. The van der Waals surface area contributed by atoms with Crippen LogP contribution in [0.2, 0.25) is 0 Å². The molecule has 0 aromatic heterocycles. The zero-order valence-corrected chi connectivity index (χ0v) is 11.4. The molecule has 1 unspecified atom stereocenters. The quantitative estimate of drug-likeness (QED) is 0.901. The van der Waals surface area contributed by atoms with Gasteiger partial charge in [-0.2, -0.15) is 5.26 Å². The molecular formula is C17H17FN2. The highest BCUT2D eigenvalue weighted by Crippen LogP contribution is 2.16. The molecule has 0 heterocycles. The number of halogens is 1. The van der Waals surface area contributed by atoms with Gasteiger partial charge >= 0.3 is 0 Å². The van der Waals surface area contributed by atoms with E-state index in [2.05, 4.69) is 11.4 Å². The van der Waals surface area contributed by atoms with E-state index in [-0.39, 0.29) is 5.82 Å². The summed E-state index contributed by atoms with van der Waals surface area (Å²) >= 11 is 0. The zero-order chi connectivity index (χ0) is 14.4. The molecule has 2 aromatic rings. The molecule has 102 valence electrons. The van der Waals surface area contributed by atoms with Crippen LogP contribution < -0.4 is 5.32 Å². The summed E-state index contributed by atoms with van der Waals surface area (Å²) in [6.07, 6.45) is 0.336. The van der Waals surface area contributed by atoms with Gasteiger partial charge in [-0.15, -0.1) is 0 Å². The van der Waals surface area contributed by atoms with E-state index >= 15 is 0 Å². The van der Waals surface area contributed by atoms with Crippen LogP contribution in [0.3, 0.4) is 0 Å². The number of benzene rings is 2. The maximum absolute atomic E-state index is 13.7. The second-order valence-corrected chi connectivity index (χ2v) is 5.05. The lowest BCUT2D eigenvalue weighted by molar-refractivity contribution is 0.434. The third-order valence-corrected chi connectivity index (χ3v) is 3.27. The van der Waals surface area contributed by atoms with E-state index in [9.17, 15) is 9.65 Å². The van der Waals surface area contributed by atoms with Crippen LogP contribution >= 0.6 is 0 Å². The summed E-state index contributed by atoms with van der Waals surface area (Å²) < 4.78 is 13.7. The van der Waals surface area contributed by atoms with E-state index in [1.54, 1.807) is 25.1 Å². The molecule has 20 heavy (non-hydrogen) atoms. The predicted octanol–water partition coefficient (Wildman–Crippen LogP) is 3.44. The Hall–Kier alpha value is -2.18. The molecule has 1 atom stereocenters. The number of nitrogens with one attached hydrogen (secondary N) is 1. The Morgan fingerprint density at radius 3 is 2.40 bits per heavy atom. The first kappa shape index (κ1) is 14.2. The summed E-state index contributed by atoms with van der Waals surface area (Å²) in [5.41, 5.74) is 0.859. The minimum atomic E-state index is -0.794. The number of rotatable bonds is 5. The lowest BCUT2D eigenvalue weighted by Crippen LogP contribution is -2.42. The summed E-state index contributed by atoms with van der Waals surface area (Å²) in [4.78, 5) is 0. The van der Waals surface area contributed by atoms with Crippen molar-refractivity contribution in [3.63, 3.8) is 0 Å². The van der Waals surface area contributed by atoms with E-state index in [4.69, 9.17) is 0 Å². The molecule has 0 amide bonds. The average molecular weight is 268 g/mol. The first-order valence-corrected chi connectivity index (χ1v) is 6.56. The van der Waals surface area contributed by atoms with Crippen molar-refractivity contribution in [1.29, 1.82) is 5.26 Å². The Morgan fingerprint density at radius 1 is 1.10 bits per heavy atom. The SMILES string of the molecule is CC(C#N)(Cc1ccccc1F)NCc1ccccc1. The van der Waals surface area contributed by atoms with Crippen molar-refractivity contribution in [3.8, 4) is 6.07 Å². The maximum Gasteiger partial charge on any atom is 0.126 e. The molecule has 0 aliphatic rings. The Labute approximate surface area is 118 Å². The highest BCUT2D eigenvalue weighted by atomic mass is 19.1. The highest BCUT2D eigenvalue weighted by molar-refractivity contribution is 5.24. The van der Waals surface area contributed by atoms with Crippen LogP contribution in [0.15, 0.2) is 54.6 Å². The van der Waals surface area contributed by atoms with Crippen molar-refractivity contribution in [2.75, 3.05) is 0 Å². The lowest BCUT2D eigenvalue weighted by atomic mass is 9.93. The monoisotopic (exact) mass is 268 g/mol. The van der Waals surface area contributed by atoms with Crippen molar-refractivity contribution in [3.05, 3.63) is 71.5 Å². The van der Waals surface area contributed by atoms with Gasteiger partial charge in [0.05, 0.1) is 6.07 Å².